The molecule has 0 unspecified atom stereocenters. The van der Waals surface area contributed by atoms with E-state index in [1.807, 2.05) is 31.2 Å². The molecule has 1 aliphatic heterocycles. The molecule has 3 aromatic rings. The van der Waals surface area contributed by atoms with Gasteiger partial charge in [0.05, 0.1) is 33.6 Å². The summed E-state index contributed by atoms with van der Waals surface area (Å²) in [6.07, 6.45) is 1.58. The van der Waals surface area contributed by atoms with Crippen LogP contribution in [0, 0.1) is 6.92 Å². The Labute approximate surface area is 231 Å². The van der Waals surface area contributed by atoms with Crippen LogP contribution in [0.2, 0.25) is 5.02 Å². The third-order valence-electron chi connectivity index (χ3n) is 5.32. The Morgan fingerprint density at radius 1 is 1.11 bits per heavy atom. The third kappa shape index (κ3) is 6.36. The van der Waals surface area contributed by atoms with Crippen LogP contribution in [0.5, 0.6) is 17.2 Å². The van der Waals surface area contributed by atoms with Gasteiger partial charge in [-0.15, -0.1) is 0 Å². The highest BCUT2D eigenvalue weighted by Crippen LogP contribution is 2.39. The van der Waals surface area contributed by atoms with E-state index in [-0.39, 0.29) is 45.4 Å². The van der Waals surface area contributed by atoms with Crippen molar-refractivity contribution in [1.29, 1.82) is 0 Å². The molecule has 1 aliphatic rings. The summed E-state index contributed by atoms with van der Waals surface area (Å²) >= 11 is 10.3. The molecular weight excluding hydrogens is 582 g/mol. The number of thioether (sulfide) groups is 1. The minimum absolute atomic E-state index is 0.125. The fraction of sp³-hybridized carbons (Fsp3) is 0.148. The van der Waals surface area contributed by atoms with Crippen molar-refractivity contribution in [3.05, 3.63) is 91.8 Å². The van der Waals surface area contributed by atoms with Crippen LogP contribution in [0.3, 0.4) is 0 Å². The maximum absolute atomic E-state index is 12.9. The van der Waals surface area contributed by atoms with Gasteiger partial charge in [0, 0.05) is 0 Å². The van der Waals surface area contributed by atoms with E-state index in [0.29, 0.717) is 15.8 Å². The van der Waals surface area contributed by atoms with Gasteiger partial charge in [0.15, 0.2) is 11.5 Å². The van der Waals surface area contributed by atoms with E-state index in [1.54, 1.807) is 42.5 Å². The van der Waals surface area contributed by atoms with Crippen LogP contribution in [0.25, 0.3) is 6.08 Å². The number of amides is 2. The number of esters is 1. The smallest absolute Gasteiger partial charge is 0.345 e. The van der Waals surface area contributed by atoms with Gasteiger partial charge in [0.25, 0.3) is 11.1 Å². The molecule has 0 N–H and O–H groups in total. The molecule has 0 spiro atoms. The number of halogens is 2. The Morgan fingerprint density at radius 2 is 1.84 bits per heavy atom. The SMILES string of the molecule is COc1cc(/C=C2\SC(=O)N(CCOc3ccc(C)cc3)C2=O)cc(Br)c1OC(=O)c1ccccc1Cl. The van der Waals surface area contributed by atoms with Crippen molar-refractivity contribution in [2.45, 2.75) is 6.92 Å². The van der Waals surface area contributed by atoms with Crippen molar-refractivity contribution in [2.75, 3.05) is 20.3 Å². The summed E-state index contributed by atoms with van der Waals surface area (Å²) < 4.78 is 17.0. The zero-order valence-electron chi connectivity index (χ0n) is 19.8. The van der Waals surface area contributed by atoms with E-state index in [2.05, 4.69) is 15.9 Å². The number of carbonyl (C=O) groups excluding carboxylic acids is 3. The zero-order valence-corrected chi connectivity index (χ0v) is 23.0. The Balaban J connectivity index is 1.47. The molecule has 7 nitrogen and oxygen atoms in total. The highest BCUT2D eigenvalue weighted by Gasteiger charge is 2.35. The summed E-state index contributed by atoms with van der Waals surface area (Å²) in [4.78, 5) is 39.4. The number of hydrogen-bond donors (Lipinski definition) is 0. The van der Waals surface area contributed by atoms with Crippen molar-refractivity contribution in [3.63, 3.8) is 0 Å². The van der Waals surface area contributed by atoms with Gasteiger partial charge in [-0.05, 0) is 82.7 Å². The lowest BCUT2D eigenvalue weighted by Crippen LogP contribution is -2.32. The van der Waals surface area contributed by atoms with E-state index in [9.17, 15) is 14.4 Å². The Hall–Kier alpha value is -3.27. The first-order valence-corrected chi connectivity index (χ1v) is 13.0. The monoisotopic (exact) mass is 601 g/mol. The highest BCUT2D eigenvalue weighted by molar-refractivity contribution is 9.10. The van der Waals surface area contributed by atoms with E-state index in [0.717, 1.165) is 22.2 Å². The predicted octanol–water partition coefficient (Wildman–Crippen LogP) is 6.75. The van der Waals surface area contributed by atoms with Crippen molar-refractivity contribution in [2.24, 2.45) is 0 Å². The minimum atomic E-state index is -0.647. The van der Waals surface area contributed by atoms with Crippen molar-refractivity contribution in [1.82, 2.24) is 4.90 Å². The van der Waals surface area contributed by atoms with Crippen LogP contribution in [-0.4, -0.2) is 42.3 Å². The number of benzene rings is 3. The van der Waals surface area contributed by atoms with E-state index in [4.69, 9.17) is 25.8 Å². The van der Waals surface area contributed by atoms with Gasteiger partial charge >= 0.3 is 5.97 Å². The molecular formula is C27H21BrClNO6S. The molecule has 0 radical (unpaired) electrons. The maximum Gasteiger partial charge on any atom is 0.345 e. The van der Waals surface area contributed by atoms with Gasteiger partial charge in [-0.2, -0.15) is 0 Å². The standard InChI is InChI=1S/C27H21BrClNO6S/c1-16-7-9-18(10-8-16)35-12-11-30-25(31)23(37-27(30)33)15-17-13-20(28)24(22(14-17)34-2)36-26(32)19-5-3-4-6-21(19)29/h3-10,13-15H,11-12H2,1-2H3/b23-15-. The second-order valence-electron chi connectivity index (χ2n) is 7.90. The Kier molecular flexibility index (Phi) is 8.58. The summed E-state index contributed by atoms with van der Waals surface area (Å²) in [6, 6.07) is 17.3. The fourth-order valence-electron chi connectivity index (χ4n) is 3.43. The summed E-state index contributed by atoms with van der Waals surface area (Å²) in [6.45, 7) is 2.28. The van der Waals surface area contributed by atoms with Crippen LogP contribution < -0.4 is 14.2 Å². The second-order valence-corrected chi connectivity index (χ2v) is 10.2. The number of hydrogen-bond acceptors (Lipinski definition) is 7. The van der Waals surface area contributed by atoms with Crippen LogP contribution in [-0.2, 0) is 4.79 Å². The van der Waals surface area contributed by atoms with Gasteiger partial charge in [-0.1, -0.05) is 41.4 Å². The largest absolute Gasteiger partial charge is 0.493 e. The second kappa shape index (κ2) is 11.9. The molecule has 0 atom stereocenters. The molecule has 4 rings (SSSR count). The first kappa shape index (κ1) is 26.8. The Bertz CT molecular complexity index is 1390. The van der Waals surface area contributed by atoms with Crippen LogP contribution >= 0.6 is 39.3 Å². The first-order chi connectivity index (χ1) is 17.8. The molecule has 190 valence electrons. The molecule has 0 bridgehead atoms. The fourth-order valence-corrected chi connectivity index (χ4v) is 5.05. The maximum atomic E-state index is 12.9. The molecule has 0 aromatic heterocycles. The lowest BCUT2D eigenvalue weighted by atomic mass is 10.1. The lowest BCUT2D eigenvalue weighted by molar-refractivity contribution is -0.123. The van der Waals surface area contributed by atoms with E-state index >= 15 is 0 Å². The summed E-state index contributed by atoms with van der Waals surface area (Å²) in [5, 5.41) is -0.112. The molecule has 0 aliphatic carbocycles. The number of rotatable bonds is 8. The number of nitrogens with zero attached hydrogens (tertiary/aromatic N) is 1. The Morgan fingerprint density at radius 3 is 2.54 bits per heavy atom. The highest BCUT2D eigenvalue weighted by atomic mass is 79.9. The van der Waals surface area contributed by atoms with Crippen molar-refractivity contribution in [3.8, 4) is 17.2 Å². The quantitative estimate of drug-likeness (QED) is 0.160. The topological polar surface area (TPSA) is 82.1 Å². The van der Waals surface area contributed by atoms with Gasteiger partial charge in [0.1, 0.15) is 12.4 Å². The molecule has 1 heterocycles. The van der Waals surface area contributed by atoms with Crippen molar-refractivity contribution >= 4 is 62.5 Å². The molecule has 3 aromatic carbocycles. The predicted molar refractivity (Wildman–Crippen MR) is 146 cm³/mol. The normalized spacial score (nSPS) is 14.3. The van der Waals surface area contributed by atoms with Crippen LogP contribution in [0.1, 0.15) is 21.5 Å². The van der Waals surface area contributed by atoms with E-state index in [1.165, 1.54) is 7.11 Å². The average molecular weight is 603 g/mol. The molecule has 2 amide bonds. The third-order valence-corrected chi connectivity index (χ3v) is 7.14. The lowest BCUT2D eigenvalue weighted by Gasteiger charge is -2.14. The number of carbonyl (C=O) groups is 3. The minimum Gasteiger partial charge on any atom is -0.493 e. The number of ether oxygens (including phenoxy) is 3. The van der Waals surface area contributed by atoms with Crippen LogP contribution in [0.4, 0.5) is 4.79 Å². The number of methoxy groups -OCH3 is 1. The number of imide groups is 1. The van der Waals surface area contributed by atoms with Gasteiger partial charge in [-0.3, -0.25) is 14.5 Å². The molecule has 37 heavy (non-hydrogen) atoms. The summed E-state index contributed by atoms with van der Waals surface area (Å²) in [7, 11) is 1.43. The molecule has 1 fully saturated rings. The van der Waals surface area contributed by atoms with Crippen LogP contribution in [0.15, 0.2) is 70.0 Å². The molecule has 1 saturated heterocycles. The summed E-state index contributed by atoms with van der Waals surface area (Å²) in [5.74, 6) is 0.0243. The first-order valence-electron chi connectivity index (χ1n) is 11.1. The van der Waals surface area contributed by atoms with E-state index < -0.39 is 11.9 Å². The number of aryl methyl sites for hydroxylation is 1. The summed E-state index contributed by atoms with van der Waals surface area (Å²) in [5.41, 5.74) is 1.89. The van der Waals surface area contributed by atoms with Gasteiger partial charge < -0.3 is 14.2 Å². The molecule has 10 heteroatoms. The van der Waals surface area contributed by atoms with Gasteiger partial charge in [0.2, 0.25) is 0 Å². The average Bonchev–Trinajstić information content (AvgIpc) is 3.14. The molecule has 0 saturated carbocycles. The van der Waals surface area contributed by atoms with Gasteiger partial charge in [-0.25, -0.2) is 4.79 Å². The van der Waals surface area contributed by atoms with Crippen molar-refractivity contribution < 1.29 is 28.6 Å². The zero-order chi connectivity index (χ0) is 26.5.